The van der Waals surface area contributed by atoms with Crippen LogP contribution in [0.2, 0.25) is 0 Å². The largest absolute Gasteiger partial charge is 0.497 e. The average Bonchev–Trinajstić information content (AvgIpc) is 3.12. The number of methoxy groups -OCH3 is 1. The Bertz CT molecular complexity index is 805. The molecule has 0 aliphatic carbocycles. The van der Waals surface area contributed by atoms with Crippen LogP contribution in [0.5, 0.6) is 11.5 Å². The molecule has 0 fully saturated rings. The van der Waals surface area contributed by atoms with Crippen LogP contribution in [0.1, 0.15) is 17.3 Å². The van der Waals surface area contributed by atoms with Crippen LogP contribution in [0.15, 0.2) is 28.8 Å². The van der Waals surface area contributed by atoms with Gasteiger partial charge in [-0.3, -0.25) is 4.68 Å². The van der Waals surface area contributed by atoms with E-state index in [-0.39, 0.29) is 6.61 Å². The van der Waals surface area contributed by atoms with Gasteiger partial charge >= 0.3 is 0 Å². The summed E-state index contributed by atoms with van der Waals surface area (Å²) in [7, 11) is 3.50. The second kappa shape index (κ2) is 6.12. The van der Waals surface area contributed by atoms with Crippen molar-refractivity contribution in [2.75, 3.05) is 7.11 Å². The fourth-order valence-corrected chi connectivity index (χ4v) is 2.27. The number of rotatable bonds is 5. The second-order valence-corrected chi connectivity index (χ2v) is 5.15. The molecule has 0 atom stereocenters. The van der Waals surface area contributed by atoms with Crippen molar-refractivity contribution in [3.63, 3.8) is 0 Å². The molecule has 7 heteroatoms. The molecule has 1 aromatic carbocycles. The summed E-state index contributed by atoms with van der Waals surface area (Å²) in [6.07, 6.45) is 0. The molecule has 0 bridgehead atoms. The van der Waals surface area contributed by atoms with Crippen LogP contribution in [0, 0.1) is 13.8 Å². The van der Waals surface area contributed by atoms with E-state index in [9.17, 15) is 0 Å². The molecule has 2 aromatic heterocycles. The summed E-state index contributed by atoms with van der Waals surface area (Å²) in [6.45, 7) is 4.06. The van der Waals surface area contributed by atoms with E-state index < -0.39 is 0 Å². The molecule has 0 aliphatic heterocycles. The van der Waals surface area contributed by atoms with Gasteiger partial charge in [-0.15, -0.1) is 0 Å². The minimum Gasteiger partial charge on any atom is -0.497 e. The lowest BCUT2D eigenvalue weighted by Crippen LogP contribution is -1.98. The van der Waals surface area contributed by atoms with E-state index in [1.807, 2.05) is 45.2 Å². The third-order valence-corrected chi connectivity index (χ3v) is 3.60. The number of hydrogen-bond acceptors (Lipinski definition) is 6. The highest BCUT2D eigenvalue weighted by Gasteiger charge is 2.14. The third kappa shape index (κ3) is 3.03. The summed E-state index contributed by atoms with van der Waals surface area (Å²) in [6, 6.07) is 7.46. The second-order valence-electron chi connectivity index (χ2n) is 5.15. The van der Waals surface area contributed by atoms with Gasteiger partial charge in [0.1, 0.15) is 11.4 Å². The van der Waals surface area contributed by atoms with Crippen LogP contribution in [-0.2, 0) is 13.7 Å². The zero-order valence-electron chi connectivity index (χ0n) is 13.5. The van der Waals surface area contributed by atoms with Crippen molar-refractivity contribution in [2.24, 2.45) is 7.05 Å². The van der Waals surface area contributed by atoms with E-state index in [2.05, 4.69) is 15.2 Å². The normalized spacial score (nSPS) is 10.8. The van der Waals surface area contributed by atoms with Crippen molar-refractivity contribution < 1.29 is 14.0 Å². The minimum atomic E-state index is 0.205. The lowest BCUT2D eigenvalue weighted by molar-refractivity contribution is 0.240. The van der Waals surface area contributed by atoms with E-state index >= 15 is 0 Å². The molecule has 0 spiro atoms. The van der Waals surface area contributed by atoms with Gasteiger partial charge in [0.15, 0.2) is 12.4 Å². The van der Waals surface area contributed by atoms with Gasteiger partial charge in [-0.1, -0.05) is 5.16 Å². The van der Waals surface area contributed by atoms with Crippen LogP contribution in [-0.4, -0.2) is 27.0 Å². The van der Waals surface area contributed by atoms with Crippen LogP contribution in [0.25, 0.3) is 11.4 Å². The average molecular weight is 314 g/mol. The maximum atomic E-state index is 5.76. The monoisotopic (exact) mass is 314 g/mol. The van der Waals surface area contributed by atoms with Gasteiger partial charge in [0.05, 0.1) is 12.8 Å². The maximum Gasteiger partial charge on any atom is 0.264 e. The van der Waals surface area contributed by atoms with Gasteiger partial charge in [0.2, 0.25) is 5.82 Å². The van der Waals surface area contributed by atoms with Crippen molar-refractivity contribution in [1.29, 1.82) is 0 Å². The molecule has 120 valence electrons. The Morgan fingerprint density at radius 2 is 1.91 bits per heavy atom. The van der Waals surface area contributed by atoms with E-state index in [0.29, 0.717) is 11.7 Å². The SMILES string of the molecule is COc1ccc(-c2noc(COc3c(C)nn(C)c3C)n2)cc1. The molecule has 0 saturated carbocycles. The first-order chi connectivity index (χ1) is 11.1. The Labute approximate surface area is 133 Å². The number of nitrogens with zero attached hydrogens (tertiary/aromatic N) is 4. The fraction of sp³-hybridized carbons (Fsp3) is 0.312. The summed E-state index contributed by atoms with van der Waals surface area (Å²) in [5, 5.41) is 8.28. The maximum absolute atomic E-state index is 5.76. The summed E-state index contributed by atoms with van der Waals surface area (Å²) < 4.78 is 17.9. The van der Waals surface area contributed by atoms with Crippen molar-refractivity contribution >= 4 is 0 Å². The van der Waals surface area contributed by atoms with Crippen molar-refractivity contribution in [1.82, 2.24) is 19.9 Å². The van der Waals surface area contributed by atoms with Crippen molar-refractivity contribution in [3.8, 4) is 22.9 Å². The molecule has 0 amide bonds. The third-order valence-electron chi connectivity index (χ3n) is 3.60. The lowest BCUT2D eigenvalue weighted by atomic mass is 10.2. The summed E-state index contributed by atoms with van der Waals surface area (Å²) in [5.74, 6) is 2.46. The summed E-state index contributed by atoms with van der Waals surface area (Å²) in [5.41, 5.74) is 2.65. The summed E-state index contributed by atoms with van der Waals surface area (Å²) in [4.78, 5) is 4.35. The predicted molar refractivity (Wildman–Crippen MR) is 83.3 cm³/mol. The fourth-order valence-electron chi connectivity index (χ4n) is 2.27. The minimum absolute atomic E-state index is 0.205. The van der Waals surface area contributed by atoms with Gasteiger partial charge in [-0.05, 0) is 38.1 Å². The zero-order chi connectivity index (χ0) is 16.4. The number of aromatic nitrogens is 4. The Morgan fingerprint density at radius 1 is 1.17 bits per heavy atom. The van der Waals surface area contributed by atoms with Gasteiger partial charge in [-0.2, -0.15) is 10.1 Å². The Morgan fingerprint density at radius 3 is 2.52 bits per heavy atom. The number of benzene rings is 1. The molecule has 3 aromatic rings. The Kier molecular flexibility index (Phi) is 4.01. The van der Waals surface area contributed by atoms with Crippen LogP contribution < -0.4 is 9.47 Å². The van der Waals surface area contributed by atoms with E-state index in [1.165, 1.54) is 0 Å². The van der Waals surface area contributed by atoms with Gasteiger partial charge in [-0.25, -0.2) is 0 Å². The van der Waals surface area contributed by atoms with Crippen LogP contribution in [0.3, 0.4) is 0 Å². The molecule has 0 unspecified atom stereocenters. The first-order valence-corrected chi connectivity index (χ1v) is 7.18. The molecule has 23 heavy (non-hydrogen) atoms. The quantitative estimate of drug-likeness (QED) is 0.720. The number of ether oxygens (including phenoxy) is 2. The Hall–Kier alpha value is -2.83. The molecule has 0 aliphatic rings. The molecule has 7 nitrogen and oxygen atoms in total. The van der Waals surface area contributed by atoms with Gasteiger partial charge in [0, 0.05) is 12.6 Å². The summed E-state index contributed by atoms with van der Waals surface area (Å²) >= 11 is 0. The van der Waals surface area contributed by atoms with Gasteiger partial charge < -0.3 is 14.0 Å². The molecule has 2 heterocycles. The van der Waals surface area contributed by atoms with E-state index in [1.54, 1.807) is 11.8 Å². The van der Waals surface area contributed by atoms with Crippen molar-refractivity contribution in [3.05, 3.63) is 41.5 Å². The van der Waals surface area contributed by atoms with Crippen molar-refractivity contribution in [2.45, 2.75) is 20.5 Å². The molecular weight excluding hydrogens is 296 g/mol. The topological polar surface area (TPSA) is 75.2 Å². The molecule has 0 radical (unpaired) electrons. The highest BCUT2D eigenvalue weighted by molar-refractivity contribution is 5.55. The molecule has 0 saturated heterocycles. The smallest absolute Gasteiger partial charge is 0.264 e. The first-order valence-electron chi connectivity index (χ1n) is 7.18. The lowest BCUT2D eigenvalue weighted by Gasteiger charge is -2.02. The first kappa shape index (κ1) is 15.1. The highest BCUT2D eigenvalue weighted by Crippen LogP contribution is 2.23. The van der Waals surface area contributed by atoms with E-state index in [0.717, 1.165) is 28.5 Å². The number of hydrogen-bond donors (Lipinski definition) is 0. The molecular formula is C16H18N4O3. The molecule has 0 N–H and O–H groups in total. The number of aryl methyl sites for hydroxylation is 2. The highest BCUT2D eigenvalue weighted by atomic mass is 16.5. The zero-order valence-corrected chi connectivity index (χ0v) is 13.5. The van der Waals surface area contributed by atoms with Crippen LogP contribution in [0.4, 0.5) is 0 Å². The molecule has 3 rings (SSSR count). The Balaban J connectivity index is 1.71. The van der Waals surface area contributed by atoms with Crippen LogP contribution >= 0.6 is 0 Å². The van der Waals surface area contributed by atoms with Gasteiger partial charge in [0.25, 0.3) is 5.89 Å². The van der Waals surface area contributed by atoms with E-state index in [4.69, 9.17) is 14.0 Å². The predicted octanol–water partition coefficient (Wildman–Crippen LogP) is 2.67. The standard InChI is InChI=1S/C16H18N4O3/c1-10-15(11(2)20(3)18-10)22-9-14-17-16(19-23-14)12-5-7-13(21-4)8-6-12/h5-8H,9H2,1-4H3.